The highest BCUT2D eigenvalue weighted by atomic mass is 16.1. The zero-order valence-electron chi connectivity index (χ0n) is 18.9. The fraction of sp³-hybridized carbons (Fsp3) is 0.296. The van der Waals surface area contributed by atoms with Gasteiger partial charge in [-0.3, -0.25) is 4.79 Å². The van der Waals surface area contributed by atoms with Crippen molar-refractivity contribution in [3.05, 3.63) is 82.5 Å². The van der Waals surface area contributed by atoms with Crippen LogP contribution >= 0.6 is 0 Å². The molecule has 1 N–H and O–H groups in total. The highest BCUT2D eigenvalue weighted by molar-refractivity contribution is 6.07. The summed E-state index contributed by atoms with van der Waals surface area (Å²) in [7, 11) is 0. The largest absolute Gasteiger partial charge is 0.345 e. The predicted molar refractivity (Wildman–Crippen MR) is 128 cm³/mol. The molecule has 0 bridgehead atoms. The van der Waals surface area contributed by atoms with Crippen molar-refractivity contribution in [2.75, 3.05) is 0 Å². The molecule has 2 aromatic carbocycles. The van der Waals surface area contributed by atoms with Crippen LogP contribution in [0.5, 0.6) is 0 Å². The van der Waals surface area contributed by atoms with Crippen molar-refractivity contribution in [3.63, 3.8) is 0 Å². The lowest BCUT2D eigenvalue weighted by Gasteiger charge is -2.26. The molecule has 0 fully saturated rings. The number of aromatic nitrogens is 3. The molecule has 1 atom stereocenters. The van der Waals surface area contributed by atoms with Crippen molar-refractivity contribution < 1.29 is 4.79 Å². The summed E-state index contributed by atoms with van der Waals surface area (Å²) in [5.41, 5.74) is 7.79. The van der Waals surface area contributed by atoms with E-state index in [1.807, 2.05) is 24.6 Å². The first-order valence-electron chi connectivity index (χ1n) is 11.4. The van der Waals surface area contributed by atoms with Crippen molar-refractivity contribution in [1.29, 1.82) is 0 Å². The third-order valence-corrected chi connectivity index (χ3v) is 6.44. The quantitative estimate of drug-likeness (QED) is 0.468. The molecule has 0 radical (unpaired) electrons. The zero-order chi connectivity index (χ0) is 22.2. The number of rotatable bonds is 4. The number of carbonyl (C=O) groups is 1. The van der Waals surface area contributed by atoms with E-state index in [1.165, 1.54) is 16.7 Å². The van der Waals surface area contributed by atoms with Crippen molar-refractivity contribution >= 4 is 16.9 Å². The Hall–Kier alpha value is -3.47. The first-order valence-corrected chi connectivity index (χ1v) is 11.4. The molecule has 5 rings (SSSR count). The van der Waals surface area contributed by atoms with Crippen molar-refractivity contribution in [1.82, 2.24) is 20.1 Å². The van der Waals surface area contributed by atoms with Gasteiger partial charge in [0.15, 0.2) is 5.65 Å². The minimum absolute atomic E-state index is 0.0278. The van der Waals surface area contributed by atoms with Crippen LogP contribution in [-0.2, 0) is 13.0 Å². The van der Waals surface area contributed by atoms with Crippen LogP contribution in [0.15, 0.2) is 54.6 Å². The Labute approximate surface area is 188 Å². The van der Waals surface area contributed by atoms with Crippen LogP contribution in [-0.4, -0.2) is 20.7 Å². The summed E-state index contributed by atoms with van der Waals surface area (Å²) in [6.45, 7) is 6.77. The number of amides is 1. The summed E-state index contributed by atoms with van der Waals surface area (Å²) in [6.07, 6.45) is 3.10. The van der Waals surface area contributed by atoms with E-state index in [9.17, 15) is 4.79 Å². The summed E-state index contributed by atoms with van der Waals surface area (Å²) in [5, 5.41) is 8.82. The Morgan fingerprint density at radius 2 is 1.91 bits per heavy atom. The average molecular weight is 425 g/mol. The van der Waals surface area contributed by atoms with Gasteiger partial charge >= 0.3 is 0 Å². The Bertz CT molecular complexity index is 1300. The summed E-state index contributed by atoms with van der Waals surface area (Å²) >= 11 is 0. The Morgan fingerprint density at radius 1 is 1.12 bits per heavy atom. The minimum Gasteiger partial charge on any atom is -0.345 e. The number of nitrogens with zero attached hydrogens (tertiary/aromatic N) is 3. The molecule has 5 heteroatoms. The lowest BCUT2D eigenvalue weighted by Crippen LogP contribution is -2.31. The van der Waals surface area contributed by atoms with Gasteiger partial charge in [-0.1, -0.05) is 54.1 Å². The lowest BCUT2D eigenvalue weighted by atomic mass is 9.87. The van der Waals surface area contributed by atoms with Crippen molar-refractivity contribution in [2.45, 2.75) is 52.6 Å². The number of benzene rings is 2. The van der Waals surface area contributed by atoms with E-state index in [2.05, 4.69) is 65.9 Å². The minimum atomic E-state index is -0.0637. The second kappa shape index (κ2) is 8.23. The van der Waals surface area contributed by atoms with Crippen LogP contribution in [0.2, 0.25) is 0 Å². The topological polar surface area (TPSA) is 59.8 Å². The second-order valence-corrected chi connectivity index (χ2v) is 8.64. The van der Waals surface area contributed by atoms with Gasteiger partial charge in [0.1, 0.15) is 0 Å². The SMILES string of the molecule is CCn1nc(C)c2c(C(=O)N[C@H]3CCCc4ccccc43)cc(-c3ccc(C)cc3)nc21. The number of nitrogens with one attached hydrogen (secondary N) is 1. The van der Waals surface area contributed by atoms with Crippen LogP contribution in [0.3, 0.4) is 0 Å². The molecule has 0 spiro atoms. The molecular formula is C27H28N4O. The molecule has 0 saturated heterocycles. The maximum atomic E-state index is 13.6. The number of aryl methyl sites for hydroxylation is 4. The molecule has 0 saturated carbocycles. The van der Waals surface area contributed by atoms with E-state index in [0.29, 0.717) is 12.1 Å². The zero-order valence-corrected chi connectivity index (χ0v) is 18.9. The van der Waals surface area contributed by atoms with Crippen LogP contribution < -0.4 is 5.32 Å². The maximum absolute atomic E-state index is 13.6. The Morgan fingerprint density at radius 3 is 2.69 bits per heavy atom. The van der Waals surface area contributed by atoms with E-state index >= 15 is 0 Å². The predicted octanol–water partition coefficient (Wildman–Crippen LogP) is 5.54. The number of fused-ring (bicyclic) bond motifs is 2. The Balaban J connectivity index is 1.60. The van der Waals surface area contributed by atoms with Gasteiger partial charge in [0.2, 0.25) is 0 Å². The molecule has 1 aliphatic carbocycles. The van der Waals surface area contributed by atoms with Gasteiger partial charge in [-0.15, -0.1) is 0 Å². The molecule has 5 nitrogen and oxygen atoms in total. The monoisotopic (exact) mass is 424 g/mol. The van der Waals surface area contributed by atoms with Gasteiger partial charge < -0.3 is 5.32 Å². The second-order valence-electron chi connectivity index (χ2n) is 8.64. The van der Waals surface area contributed by atoms with Gasteiger partial charge in [0, 0.05) is 12.1 Å². The molecule has 1 amide bonds. The number of hydrogen-bond acceptors (Lipinski definition) is 3. The third kappa shape index (κ3) is 3.58. The van der Waals surface area contributed by atoms with Gasteiger partial charge in [0.25, 0.3) is 5.91 Å². The molecule has 162 valence electrons. The number of carbonyl (C=O) groups excluding carboxylic acids is 1. The number of pyridine rings is 1. The highest BCUT2D eigenvalue weighted by Crippen LogP contribution is 2.31. The third-order valence-electron chi connectivity index (χ3n) is 6.44. The van der Waals surface area contributed by atoms with Crippen molar-refractivity contribution in [2.24, 2.45) is 0 Å². The van der Waals surface area contributed by atoms with E-state index < -0.39 is 0 Å². The molecule has 0 unspecified atom stereocenters. The normalized spacial score (nSPS) is 15.5. The number of hydrogen-bond donors (Lipinski definition) is 1. The molecule has 0 aliphatic heterocycles. The van der Waals surface area contributed by atoms with Gasteiger partial charge in [-0.2, -0.15) is 5.10 Å². The molecule has 2 heterocycles. The summed E-state index contributed by atoms with van der Waals surface area (Å²) in [6, 6.07) is 18.6. The molecule has 2 aromatic heterocycles. The van der Waals surface area contributed by atoms with E-state index in [4.69, 9.17) is 4.98 Å². The highest BCUT2D eigenvalue weighted by Gasteiger charge is 2.25. The van der Waals surface area contributed by atoms with E-state index in [1.54, 1.807) is 0 Å². The first-order chi connectivity index (χ1) is 15.5. The lowest BCUT2D eigenvalue weighted by molar-refractivity contribution is 0.0934. The van der Waals surface area contributed by atoms with Gasteiger partial charge in [0.05, 0.1) is 28.4 Å². The van der Waals surface area contributed by atoms with Gasteiger partial charge in [-0.25, -0.2) is 9.67 Å². The molecule has 1 aliphatic rings. The summed E-state index contributed by atoms with van der Waals surface area (Å²) in [4.78, 5) is 18.6. The van der Waals surface area contributed by atoms with Crippen LogP contribution in [0.4, 0.5) is 0 Å². The molecule has 4 aromatic rings. The summed E-state index contributed by atoms with van der Waals surface area (Å²) in [5.74, 6) is -0.0637. The Kier molecular flexibility index (Phi) is 5.25. The van der Waals surface area contributed by atoms with Crippen LogP contribution in [0.1, 0.15) is 58.5 Å². The van der Waals surface area contributed by atoms with E-state index in [0.717, 1.165) is 47.2 Å². The maximum Gasteiger partial charge on any atom is 0.252 e. The fourth-order valence-corrected chi connectivity index (χ4v) is 4.77. The summed E-state index contributed by atoms with van der Waals surface area (Å²) < 4.78 is 1.88. The standard InChI is InChI=1S/C27H28N4O/c1-4-31-26-25(18(3)30-31)22(16-24(28-26)20-14-12-17(2)13-15-20)27(32)29-23-11-7-9-19-8-5-6-10-21(19)23/h5-6,8,10,12-16,23H,4,7,9,11H2,1-3H3,(H,29,32)/t23-/m0/s1. The molecule has 32 heavy (non-hydrogen) atoms. The smallest absolute Gasteiger partial charge is 0.252 e. The van der Waals surface area contributed by atoms with Gasteiger partial charge in [-0.05, 0) is 57.2 Å². The molecular weight excluding hydrogens is 396 g/mol. The average Bonchev–Trinajstić information content (AvgIpc) is 3.15. The fourth-order valence-electron chi connectivity index (χ4n) is 4.77. The van der Waals surface area contributed by atoms with Crippen LogP contribution in [0, 0.1) is 13.8 Å². The first kappa shape index (κ1) is 20.4. The van der Waals surface area contributed by atoms with E-state index in [-0.39, 0.29) is 11.9 Å². The van der Waals surface area contributed by atoms with Crippen molar-refractivity contribution in [3.8, 4) is 11.3 Å². The van der Waals surface area contributed by atoms with Crippen LogP contribution in [0.25, 0.3) is 22.3 Å².